The summed E-state index contributed by atoms with van der Waals surface area (Å²) in [5.41, 5.74) is 0.133. The first kappa shape index (κ1) is 14.8. The Morgan fingerprint density at radius 2 is 2.05 bits per heavy atom. The van der Waals surface area contributed by atoms with Gasteiger partial charge in [-0.2, -0.15) is 0 Å². The van der Waals surface area contributed by atoms with Gasteiger partial charge in [-0.15, -0.1) is 0 Å². The number of nitrogens with one attached hydrogen (secondary N) is 2. The molecule has 0 radical (unpaired) electrons. The lowest BCUT2D eigenvalue weighted by atomic mass is 9.90. The second-order valence-corrected chi connectivity index (χ2v) is 5.41. The van der Waals surface area contributed by atoms with Crippen molar-refractivity contribution in [3.05, 3.63) is 34.2 Å². The normalized spacial score (nSPS) is 22.5. The average Bonchev–Trinajstić information content (AvgIpc) is 2.47. The van der Waals surface area contributed by atoms with E-state index in [1.54, 1.807) is 17.0 Å². The second kappa shape index (κ2) is 6.70. The Morgan fingerprint density at radius 3 is 2.65 bits per heavy atom. The zero-order valence-electron chi connectivity index (χ0n) is 12.2. The third-order valence-electron chi connectivity index (χ3n) is 4.06. The molecule has 1 saturated carbocycles. The maximum absolute atomic E-state index is 12.3. The van der Waals surface area contributed by atoms with Gasteiger partial charge in [0.25, 0.3) is 5.91 Å². The van der Waals surface area contributed by atoms with Crippen molar-refractivity contribution in [1.82, 2.24) is 15.2 Å². The van der Waals surface area contributed by atoms with E-state index in [-0.39, 0.29) is 17.5 Å². The van der Waals surface area contributed by atoms with Gasteiger partial charge in [-0.1, -0.05) is 13.0 Å². The van der Waals surface area contributed by atoms with Crippen LogP contribution < -0.4 is 10.9 Å². The van der Waals surface area contributed by atoms with Crippen molar-refractivity contribution in [2.24, 2.45) is 0 Å². The number of carbonyl (C=O) groups is 1. The minimum atomic E-state index is -0.236. The van der Waals surface area contributed by atoms with Crippen molar-refractivity contribution >= 4 is 5.91 Å². The molecule has 2 rings (SSSR count). The van der Waals surface area contributed by atoms with Crippen molar-refractivity contribution in [1.29, 1.82) is 0 Å². The third kappa shape index (κ3) is 3.48. The molecule has 2 N–H and O–H groups in total. The molecule has 1 aromatic heterocycles. The van der Waals surface area contributed by atoms with E-state index in [0.717, 1.165) is 32.2 Å². The predicted molar refractivity (Wildman–Crippen MR) is 78.9 cm³/mol. The molecule has 0 atom stereocenters. The standard InChI is InChI=1S/C15H23N3O2/c1-3-16-11-7-9-12(10-8-11)18(2)15(20)13-5-4-6-14(19)17-13/h4-6,11-12,16H,3,7-10H2,1-2H3,(H,17,19). The highest BCUT2D eigenvalue weighted by molar-refractivity contribution is 5.92. The smallest absolute Gasteiger partial charge is 0.270 e. The molecule has 0 unspecified atom stereocenters. The van der Waals surface area contributed by atoms with Crippen LogP contribution >= 0.6 is 0 Å². The second-order valence-electron chi connectivity index (χ2n) is 5.41. The molecule has 0 spiro atoms. The number of aromatic nitrogens is 1. The van der Waals surface area contributed by atoms with Crippen LogP contribution in [0.4, 0.5) is 0 Å². The van der Waals surface area contributed by atoms with Gasteiger partial charge in [-0.3, -0.25) is 9.59 Å². The number of H-pyrrole nitrogens is 1. The number of aromatic amines is 1. The molecule has 0 aromatic carbocycles. The Balaban J connectivity index is 1.96. The van der Waals surface area contributed by atoms with Crippen LogP contribution in [0, 0.1) is 0 Å². The van der Waals surface area contributed by atoms with E-state index in [1.165, 1.54) is 6.07 Å². The van der Waals surface area contributed by atoms with Gasteiger partial charge < -0.3 is 15.2 Å². The largest absolute Gasteiger partial charge is 0.337 e. The van der Waals surface area contributed by atoms with Gasteiger partial charge in [0.05, 0.1) is 0 Å². The molecule has 5 heteroatoms. The number of rotatable bonds is 4. The van der Waals surface area contributed by atoms with Crippen LogP contribution in [0.3, 0.4) is 0 Å². The molecule has 1 fully saturated rings. The zero-order chi connectivity index (χ0) is 14.5. The fourth-order valence-corrected chi connectivity index (χ4v) is 2.88. The molecule has 110 valence electrons. The van der Waals surface area contributed by atoms with Gasteiger partial charge >= 0.3 is 0 Å². The van der Waals surface area contributed by atoms with E-state index in [1.807, 2.05) is 7.05 Å². The Labute approximate surface area is 119 Å². The fourth-order valence-electron chi connectivity index (χ4n) is 2.88. The van der Waals surface area contributed by atoms with Crippen molar-refractivity contribution in [2.75, 3.05) is 13.6 Å². The summed E-state index contributed by atoms with van der Waals surface area (Å²) in [6, 6.07) is 5.53. The minimum absolute atomic E-state index is 0.102. The number of hydrogen-bond donors (Lipinski definition) is 2. The maximum atomic E-state index is 12.3. The van der Waals surface area contributed by atoms with E-state index in [2.05, 4.69) is 17.2 Å². The molecular formula is C15H23N3O2. The molecule has 1 aliphatic carbocycles. The highest BCUT2D eigenvalue weighted by atomic mass is 16.2. The van der Waals surface area contributed by atoms with E-state index in [4.69, 9.17) is 0 Å². The predicted octanol–water partition coefficient (Wildman–Crippen LogP) is 1.37. The summed E-state index contributed by atoms with van der Waals surface area (Å²) in [7, 11) is 1.83. The first-order valence-corrected chi connectivity index (χ1v) is 7.31. The molecule has 1 heterocycles. The summed E-state index contributed by atoms with van der Waals surface area (Å²) < 4.78 is 0. The SMILES string of the molecule is CCNC1CCC(N(C)C(=O)c2cccc(=O)[nH]2)CC1. The van der Waals surface area contributed by atoms with Crippen molar-refractivity contribution in [3.63, 3.8) is 0 Å². The highest BCUT2D eigenvalue weighted by Gasteiger charge is 2.26. The highest BCUT2D eigenvalue weighted by Crippen LogP contribution is 2.23. The zero-order valence-corrected chi connectivity index (χ0v) is 12.2. The summed E-state index contributed by atoms with van der Waals surface area (Å²) in [5.74, 6) is -0.102. The lowest BCUT2D eigenvalue weighted by Crippen LogP contribution is -2.43. The lowest BCUT2D eigenvalue weighted by molar-refractivity contribution is 0.0678. The van der Waals surface area contributed by atoms with E-state index in [0.29, 0.717) is 11.7 Å². The summed E-state index contributed by atoms with van der Waals surface area (Å²) in [6.07, 6.45) is 4.22. The molecule has 0 saturated heterocycles. The molecule has 5 nitrogen and oxygen atoms in total. The summed E-state index contributed by atoms with van der Waals surface area (Å²) in [4.78, 5) is 28.0. The number of hydrogen-bond acceptors (Lipinski definition) is 3. The van der Waals surface area contributed by atoms with Gasteiger partial charge in [-0.05, 0) is 38.3 Å². The van der Waals surface area contributed by atoms with Crippen LogP contribution in [-0.4, -0.2) is 41.5 Å². The fraction of sp³-hybridized carbons (Fsp3) is 0.600. The maximum Gasteiger partial charge on any atom is 0.270 e. The van der Waals surface area contributed by atoms with Gasteiger partial charge in [-0.25, -0.2) is 0 Å². The Kier molecular flexibility index (Phi) is 4.95. The van der Waals surface area contributed by atoms with E-state index >= 15 is 0 Å². The van der Waals surface area contributed by atoms with Gasteiger partial charge in [0.1, 0.15) is 5.69 Å². The Hall–Kier alpha value is -1.62. The van der Waals surface area contributed by atoms with Gasteiger partial charge in [0.2, 0.25) is 5.56 Å². The van der Waals surface area contributed by atoms with Crippen LogP contribution in [0.5, 0.6) is 0 Å². The average molecular weight is 277 g/mol. The van der Waals surface area contributed by atoms with Crippen molar-refractivity contribution < 1.29 is 4.79 Å². The summed E-state index contributed by atoms with van der Waals surface area (Å²) >= 11 is 0. The van der Waals surface area contributed by atoms with Crippen molar-refractivity contribution in [2.45, 2.75) is 44.7 Å². The molecule has 1 aliphatic rings. The Bertz CT molecular complexity index is 504. The van der Waals surface area contributed by atoms with E-state index < -0.39 is 0 Å². The molecule has 1 amide bonds. The molecule has 1 aromatic rings. The minimum Gasteiger partial charge on any atom is -0.337 e. The number of amides is 1. The van der Waals surface area contributed by atoms with Crippen LogP contribution in [-0.2, 0) is 0 Å². The number of pyridine rings is 1. The first-order chi connectivity index (χ1) is 9.61. The van der Waals surface area contributed by atoms with Gasteiger partial charge in [0, 0.05) is 25.2 Å². The topological polar surface area (TPSA) is 65.2 Å². The molecule has 0 aliphatic heterocycles. The Morgan fingerprint density at radius 1 is 1.35 bits per heavy atom. The summed E-state index contributed by atoms with van der Waals surface area (Å²) in [5, 5.41) is 3.46. The van der Waals surface area contributed by atoms with Gasteiger partial charge in [0.15, 0.2) is 0 Å². The number of nitrogens with zero attached hydrogens (tertiary/aromatic N) is 1. The van der Waals surface area contributed by atoms with Crippen molar-refractivity contribution in [3.8, 4) is 0 Å². The molecule has 20 heavy (non-hydrogen) atoms. The first-order valence-electron chi connectivity index (χ1n) is 7.31. The monoisotopic (exact) mass is 277 g/mol. The summed E-state index contributed by atoms with van der Waals surface area (Å²) in [6.45, 7) is 3.11. The van der Waals surface area contributed by atoms with Crippen LogP contribution in [0.2, 0.25) is 0 Å². The lowest BCUT2D eigenvalue weighted by Gasteiger charge is -2.34. The molecule has 0 bridgehead atoms. The molecular weight excluding hydrogens is 254 g/mol. The van der Waals surface area contributed by atoms with Crippen LogP contribution in [0.25, 0.3) is 0 Å². The van der Waals surface area contributed by atoms with Crippen LogP contribution in [0.1, 0.15) is 43.1 Å². The van der Waals surface area contributed by atoms with Crippen LogP contribution in [0.15, 0.2) is 23.0 Å². The third-order valence-corrected chi connectivity index (χ3v) is 4.06. The quantitative estimate of drug-likeness (QED) is 0.873. The number of carbonyl (C=O) groups excluding carboxylic acids is 1. The van der Waals surface area contributed by atoms with E-state index in [9.17, 15) is 9.59 Å².